The van der Waals surface area contributed by atoms with Crippen LogP contribution in [0.5, 0.6) is 11.5 Å². The van der Waals surface area contributed by atoms with E-state index in [1.165, 1.54) is 31.2 Å². The van der Waals surface area contributed by atoms with Gasteiger partial charge >= 0.3 is 0 Å². The maximum absolute atomic E-state index is 13.4. The van der Waals surface area contributed by atoms with Crippen LogP contribution in [0.3, 0.4) is 0 Å². The van der Waals surface area contributed by atoms with E-state index in [1.807, 2.05) is 0 Å². The summed E-state index contributed by atoms with van der Waals surface area (Å²) in [6, 6.07) is 8.94. The molecule has 2 aromatic carbocycles. The van der Waals surface area contributed by atoms with Crippen LogP contribution < -0.4 is 25.0 Å². The minimum Gasteiger partial charge on any atom is -0.454 e. The standard InChI is InChI=1S/C24H28FN3O6S/c1-15(23(31)27-24(2,3)4)28(18-8-5-16(25)6-9-18)22(30)13-35(32)12-21(29)26-17-7-10-19-20(11-17)34-14-33-19/h5-11,15H,12-14H2,1-4H3,(H,26,29)(H,27,31)/t15-,35+/m1/s1. The van der Waals surface area contributed by atoms with Gasteiger partial charge in [0.05, 0.1) is 0 Å². The summed E-state index contributed by atoms with van der Waals surface area (Å²) in [7, 11) is -1.87. The molecule has 0 radical (unpaired) electrons. The third-order valence-electron chi connectivity index (χ3n) is 4.87. The molecule has 2 N–H and O–H groups in total. The van der Waals surface area contributed by atoms with Gasteiger partial charge in [0.15, 0.2) is 11.5 Å². The fraction of sp³-hybridized carbons (Fsp3) is 0.375. The van der Waals surface area contributed by atoms with Gasteiger partial charge in [-0.1, -0.05) is 0 Å². The number of anilines is 2. The van der Waals surface area contributed by atoms with Crippen LogP contribution in [0.25, 0.3) is 0 Å². The van der Waals surface area contributed by atoms with Gasteiger partial charge < -0.3 is 20.1 Å². The van der Waals surface area contributed by atoms with Crippen molar-refractivity contribution in [2.24, 2.45) is 0 Å². The van der Waals surface area contributed by atoms with Crippen LogP contribution in [-0.4, -0.2) is 51.8 Å². The molecule has 0 bridgehead atoms. The Morgan fingerprint density at radius 3 is 2.37 bits per heavy atom. The summed E-state index contributed by atoms with van der Waals surface area (Å²) in [6.07, 6.45) is 0. The summed E-state index contributed by atoms with van der Waals surface area (Å²) < 4.78 is 36.6. The number of halogens is 1. The second kappa shape index (κ2) is 10.9. The summed E-state index contributed by atoms with van der Waals surface area (Å²) in [5.74, 6) is -2.01. The Bertz CT molecular complexity index is 1130. The Hall–Kier alpha value is -3.47. The minimum atomic E-state index is -1.87. The molecule has 2 aromatic rings. The maximum Gasteiger partial charge on any atom is 0.243 e. The summed E-state index contributed by atoms with van der Waals surface area (Å²) in [5.41, 5.74) is 0.163. The molecule has 0 saturated heterocycles. The van der Waals surface area contributed by atoms with Crippen molar-refractivity contribution in [3.63, 3.8) is 0 Å². The smallest absolute Gasteiger partial charge is 0.243 e. The Balaban J connectivity index is 1.67. The molecule has 0 fully saturated rings. The first kappa shape index (κ1) is 26.1. The second-order valence-corrected chi connectivity index (χ2v) is 10.5. The fourth-order valence-electron chi connectivity index (χ4n) is 3.35. The zero-order valence-corrected chi connectivity index (χ0v) is 20.7. The highest BCUT2D eigenvalue weighted by Gasteiger charge is 2.30. The lowest BCUT2D eigenvalue weighted by atomic mass is 10.1. The van der Waals surface area contributed by atoms with Crippen LogP contribution in [0.15, 0.2) is 42.5 Å². The van der Waals surface area contributed by atoms with Crippen molar-refractivity contribution < 1.29 is 32.5 Å². The predicted octanol–water partition coefficient (Wildman–Crippen LogP) is 2.58. The lowest BCUT2D eigenvalue weighted by Gasteiger charge is -2.31. The van der Waals surface area contributed by atoms with E-state index in [0.717, 1.165) is 4.90 Å². The molecule has 11 heteroatoms. The number of amides is 3. The number of nitrogens with zero attached hydrogens (tertiary/aromatic N) is 1. The molecule has 0 aliphatic carbocycles. The highest BCUT2D eigenvalue weighted by Crippen LogP contribution is 2.34. The molecule has 1 aliphatic rings. The van der Waals surface area contributed by atoms with Crippen molar-refractivity contribution in [2.75, 3.05) is 28.5 Å². The van der Waals surface area contributed by atoms with Crippen molar-refractivity contribution in [2.45, 2.75) is 39.3 Å². The monoisotopic (exact) mass is 505 g/mol. The molecule has 1 heterocycles. The number of nitrogens with one attached hydrogen (secondary N) is 2. The van der Waals surface area contributed by atoms with Gasteiger partial charge in [-0.2, -0.15) is 0 Å². The normalized spacial score (nSPS) is 14.1. The first-order valence-electron chi connectivity index (χ1n) is 10.9. The highest BCUT2D eigenvalue weighted by atomic mass is 32.2. The van der Waals surface area contributed by atoms with E-state index in [2.05, 4.69) is 10.6 Å². The largest absolute Gasteiger partial charge is 0.454 e. The van der Waals surface area contributed by atoms with E-state index in [4.69, 9.17) is 9.47 Å². The lowest BCUT2D eigenvalue weighted by molar-refractivity contribution is -0.126. The van der Waals surface area contributed by atoms with Crippen LogP contribution >= 0.6 is 0 Å². The Labute approximate surface area is 205 Å². The zero-order chi connectivity index (χ0) is 25.8. The highest BCUT2D eigenvalue weighted by molar-refractivity contribution is 7.86. The Kier molecular flexibility index (Phi) is 8.11. The van der Waals surface area contributed by atoms with Gasteiger partial charge in [-0.3, -0.25) is 23.5 Å². The van der Waals surface area contributed by atoms with Gasteiger partial charge in [0, 0.05) is 33.8 Å². The number of benzene rings is 2. The topological polar surface area (TPSA) is 114 Å². The van der Waals surface area contributed by atoms with Crippen LogP contribution in [0.4, 0.5) is 15.8 Å². The molecule has 0 saturated carbocycles. The van der Waals surface area contributed by atoms with Crippen molar-refractivity contribution in [1.29, 1.82) is 0 Å². The Morgan fingerprint density at radius 2 is 1.71 bits per heavy atom. The van der Waals surface area contributed by atoms with Crippen LogP contribution in [0, 0.1) is 5.82 Å². The van der Waals surface area contributed by atoms with E-state index >= 15 is 0 Å². The minimum absolute atomic E-state index is 0.0929. The molecule has 188 valence electrons. The number of ether oxygens (including phenoxy) is 2. The molecule has 9 nitrogen and oxygen atoms in total. The van der Waals surface area contributed by atoms with E-state index in [-0.39, 0.29) is 12.5 Å². The van der Waals surface area contributed by atoms with Gasteiger partial charge in [-0.25, -0.2) is 4.39 Å². The number of hydrogen-bond acceptors (Lipinski definition) is 6. The van der Waals surface area contributed by atoms with Gasteiger partial charge in [0.25, 0.3) is 0 Å². The van der Waals surface area contributed by atoms with Crippen molar-refractivity contribution in [1.82, 2.24) is 5.32 Å². The van der Waals surface area contributed by atoms with Crippen molar-refractivity contribution in [3.8, 4) is 11.5 Å². The summed E-state index contributed by atoms with van der Waals surface area (Å²) in [4.78, 5) is 39.4. The number of hydrogen-bond donors (Lipinski definition) is 2. The number of rotatable bonds is 8. The van der Waals surface area contributed by atoms with Crippen molar-refractivity contribution in [3.05, 3.63) is 48.3 Å². The average Bonchev–Trinajstić information content (AvgIpc) is 3.21. The molecule has 3 amide bonds. The fourth-order valence-corrected chi connectivity index (χ4v) is 4.23. The summed E-state index contributed by atoms with van der Waals surface area (Å²) in [5, 5.41) is 5.41. The van der Waals surface area contributed by atoms with E-state index < -0.39 is 57.4 Å². The third-order valence-corrected chi connectivity index (χ3v) is 6.02. The number of fused-ring (bicyclic) bond motifs is 1. The molecular formula is C24H28FN3O6S. The van der Waals surface area contributed by atoms with Gasteiger partial charge in [0.2, 0.25) is 24.5 Å². The summed E-state index contributed by atoms with van der Waals surface area (Å²) >= 11 is 0. The quantitative estimate of drug-likeness (QED) is 0.570. The number of carbonyl (C=O) groups is 3. The number of carbonyl (C=O) groups excluding carboxylic acids is 3. The predicted molar refractivity (Wildman–Crippen MR) is 130 cm³/mol. The van der Waals surface area contributed by atoms with Crippen LogP contribution in [0.2, 0.25) is 0 Å². The SMILES string of the molecule is C[C@H](C(=O)NC(C)(C)C)N(C(=O)C[S@@](=O)CC(=O)Nc1ccc2c(c1)OCO2)c1ccc(F)cc1. The molecule has 0 aromatic heterocycles. The molecule has 0 unspecified atom stereocenters. The first-order chi connectivity index (χ1) is 16.4. The molecular weight excluding hydrogens is 477 g/mol. The van der Waals surface area contributed by atoms with Gasteiger partial charge in [-0.15, -0.1) is 0 Å². The van der Waals surface area contributed by atoms with E-state index in [0.29, 0.717) is 17.2 Å². The average molecular weight is 506 g/mol. The molecule has 35 heavy (non-hydrogen) atoms. The molecule has 2 atom stereocenters. The molecule has 0 spiro atoms. The van der Waals surface area contributed by atoms with Crippen LogP contribution in [-0.2, 0) is 25.2 Å². The molecule has 3 rings (SSSR count). The third kappa shape index (κ3) is 7.25. The Morgan fingerprint density at radius 1 is 1.06 bits per heavy atom. The zero-order valence-electron chi connectivity index (χ0n) is 19.9. The van der Waals surface area contributed by atoms with Gasteiger partial charge in [-0.05, 0) is 64.1 Å². The van der Waals surface area contributed by atoms with Crippen molar-refractivity contribution >= 4 is 39.9 Å². The summed E-state index contributed by atoms with van der Waals surface area (Å²) in [6.45, 7) is 7.02. The lowest BCUT2D eigenvalue weighted by Crippen LogP contribution is -2.53. The van der Waals surface area contributed by atoms with Gasteiger partial charge in [0.1, 0.15) is 23.4 Å². The maximum atomic E-state index is 13.4. The van der Waals surface area contributed by atoms with E-state index in [1.54, 1.807) is 39.0 Å². The first-order valence-corrected chi connectivity index (χ1v) is 12.4. The molecule has 1 aliphatic heterocycles. The van der Waals surface area contributed by atoms with Crippen LogP contribution in [0.1, 0.15) is 27.7 Å². The van der Waals surface area contributed by atoms with E-state index in [9.17, 15) is 23.0 Å². The second-order valence-electron chi connectivity index (χ2n) is 9.00.